The Morgan fingerprint density at radius 2 is 2.04 bits per heavy atom. The fraction of sp³-hybridized carbons (Fsp3) is 0.368. The highest BCUT2D eigenvalue weighted by molar-refractivity contribution is 7.98. The lowest BCUT2D eigenvalue weighted by atomic mass is 9.82. The highest BCUT2D eigenvalue weighted by atomic mass is 32.2. The van der Waals surface area contributed by atoms with Crippen molar-refractivity contribution in [2.24, 2.45) is 5.73 Å². The third-order valence-electron chi connectivity index (χ3n) is 3.92. The largest absolute Gasteiger partial charge is 0.463 e. The van der Waals surface area contributed by atoms with Crippen LogP contribution in [0.5, 0.6) is 0 Å². The maximum Gasteiger partial charge on any atom is 0.338 e. The van der Waals surface area contributed by atoms with Crippen molar-refractivity contribution in [3.63, 3.8) is 0 Å². The minimum atomic E-state index is -0.574. The molecule has 2 N–H and O–H groups in total. The summed E-state index contributed by atoms with van der Waals surface area (Å²) in [6.07, 6.45) is 3.32. The average molecular weight is 358 g/mol. The molecule has 1 aliphatic rings. The molecule has 0 aliphatic carbocycles. The standard InChI is InChI=1S/C19H22N2O3S/c1-4-6-15-17(19(22)23-5-2)16(14(11-20)18(21)24-15)12-7-9-13(25-3)10-8-12/h7-10,16H,4-6,21H2,1-3H3. The number of esters is 1. The Morgan fingerprint density at radius 1 is 1.36 bits per heavy atom. The van der Waals surface area contributed by atoms with E-state index in [9.17, 15) is 10.1 Å². The number of carbonyl (C=O) groups is 1. The van der Waals surface area contributed by atoms with Crippen molar-refractivity contribution in [1.82, 2.24) is 0 Å². The van der Waals surface area contributed by atoms with Crippen molar-refractivity contribution in [3.05, 3.63) is 52.6 Å². The predicted octanol–water partition coefficient (Wildman–Crippen LogP) is 3.83. The summed E-state index contributed by atoms with van der Waals surface area (Å²) in [5.41, 5.74) is 7.39. The molecule has 0 radical (unpaired) electrons. The van der Waals surface area contributed by atoms with E-state index in [1.165, 1.54) is 0 Å². The Bertz CT molecular complexity index is 745. The van der Waals surface area contributed by atoms with Crippen LogP contribution in [0.25, 0.3) is 0 Å². The monoisotopic (exact) mass is 358 g/mol. The maximum atomic E-state index is 12.6. The van der Waals surface area contributed by atoms with Crippen LogP contribution in [-0.2, 0) is 14.3 Å². The summed E-state index contributed by atoms with van der Waals surface area (Å²) in [5.74, 6) is -0.505. The molecule has 0 saturated heterocycles. The highest BCUT2D eigenvalue weighted by Crippen LogP contribution is 2.41. The molecule has 1 aromatic carbocycles. The van der Waals surface area contributed by atoms with Crippen LogP contribution < -0.4 is 5.73 Å². The molecule has 1 atom stereocenters. The molecule has 1 aromatic rings. The van der Waals surface area contributed by atoms with Gasteiger partial charge in [0.1, 0.15) is 17.4 Å². The Labute approximate surface area is 152 Å². The summed E-state index contributed by atoms with van der Waals surface area (Å²) in [7, 11) is 0. The number of nitrogens with two attached hydrogens (primary N) is 1. The normalized spacial score (nSPS) is 17.1. The van der Waals surface area contributed by atoms with E-state index in [4.69, 9.17) is 15.2 Å². The number of nitriles is 1. The van der Waals surface area contributed by atoms with E-state index in [-0.39, 0.29) is 18.1 Å². The predicted molar refractivity (Wildman–Crippen MR) is 97.4 cm³/mol. The molecule has 0 saturated carbocycles. The molecular formula is C19H22N2O3S. The summed E-state index contributed by atoms with van der Waals surface area (Å²) in [4.78, 5) is 13.7. The molecule has 25 heavy (non-hydrogen) atoms. The van der Waals surface area contributed by atoms with Gasteiger partial charge in [-0.2, -0.15) is 5.26 Å². The van der Waals surface area contributed by atoms with Gasteiger partial charge in [-0.25, -0.2) is 4.79 Å². The van der Waals surface area contributed by atoms with Gasteiger partial charge in [0, 0.05) is 11.3 Å². The van der Waals surface area contributed by atoms with Crippen LogP contribution in [0.15, 0.2) is 51.9 Å². The van der Waals surface area contributed by atoms with Gasteiger partial charge in [0.25, 0.3) is 0 Å². The number of carbonyl (C=O) groups excluding carboxylic acids is 1. The average Bonchev–Trinajstić information content (AvgIpc) is 2.61. The molecule has 1 unspecified atom stereocenters. The maximum absolute atomic E-state index is 12.6. The lowest BCUT2D eigenvalue weighted by Gasteiger charge is -2.28. The van der Waals surface area contributed by atoms with E-state index in [0.29, 0.717) is 17.8 Å². The topological polar surface area (TPSA) is 85.3 Å². The van der Waals surface area contributed by atoms with Crippen molar-refractivity contribution in [2.45, 2.75) is 37.5 Å². The number of nitrogens with zero attached hydrogens (tertiary/aromatic N) is 1. The lowest BCUT2D eigenvalue weighted by Crippen LogP contribution is -2.26. The lowest BCUT2D eigenvalue weighted by molar-refractivity contribution is -0.139. The van der Waals surface area contributed by atoms with Gasteiger partial charge in [-0.1, -0.05) is 19.1 Å². The van der Waals surface area contributed by atoms with Gasteiger partial charge < -0.3 is 15.2 Å². The van der Waals surface area contributed by atoms with Crippen molar-refractivity contribution in [2.75, 3.05) is 12.9 Å². The van der Waals surface area contributed by atoms with Crippen LogP contribution in [0.3, 0.4) is 0 Å². The van der Waals surface area contributed by atoms with E-state index in [2.05, 4.69) is 6.07 Å². The Morgan fingerprint density at radius 3 is 2.56 bits per heavy atom. The minimum absolute atomic E-state index is 0.0536. The molecule has 1 aliphatic heterocycles. The summed E-state index contributed by atoms with van der Waals surface area (Å²) in [5, 5.41) is 9.59. The first-order valence-corrected chi connectivity index (χ1v) is 9.41. The fourth-order valence-corrected chi connectivity index (χ4v) is 3.20. The quantitative estimate of drug-likeness (QED) is 0.614. The van der Waals surface area contributed by atoms with Crippen LogP contribution in [0.4, 0.5) is 0 Å². The van der Waals surface area contributed by atoms with Gasteiger partial charge in [0.15, 0.2) is 0 Å². The molecule has 0 bridgehead atoms. The van der Waals surface area contributed by atoms with Crippen molar-refractivity contribution >= 4 is 17.7 Å². The Kier molecular flexibility index (Phi) is 6.54. The van der Waals surface area contributed by atoms with Crippen LogP contribution in [0.1, 0.15) is 38.2 Å². The number of ether oxygens (including phenoxy) is 2. The summed E-state index contributed by atoms with van der Waals surface area (Å²) in [6.45, 7) is 3.99. The number of allylic oxidation sites excluding steroid dienone is 2. The zero-order chi connectivity index (χ0) is 18.4. The van der Waals surface area contributed by atoms with E-state index in [1.807, 2.05) is 37.4 Å². The smallest absolute Gasteiger partial charge is 0.338 e. The number of rotatable bonds is 6. The summed E-state index contributed by atoms with van der Waals surface area (Å²) in [6, 6.07) is 9.85. The van der Waals surface area contributed by atoms with Gasteiger partial charge in [-0.05, 0) is 37.3 Å². The molecule has 0 fully saturated rings. The molecule has 0 spiro atoms. The first-order chi connectivity index (χ1) is 12.1. The third kappa shape index (κ3) is 3.99. The van der Waals surface area contributed by atoms with Crippen molar-refractivity contribution in [1.29, 1.82) is 5.26 Å². The second kappa shape index (κ2) is 8.63. The first kappa shape index (κ1) is 18.9. The van der Waals surface area contributed by atoms with Crippen LogP contribution >= 0.6 is 11.8 Å². The molecule has 5 nitrogen and oxygen atoms in total. The number of hydrogen-bond donors (Lipinski definition) is 1. The Balaban J connectivity index is 2.61. The fourth-order valence-electron chi connectivity index (χ4n) is 2.79. The Hall–Kier alpha value is -2.39. The van der Waals surface area contributed by atoms with Gasteiger partial charge in [0.05, 0.1) is 18.1 Å². The zero-order valence-corrected chi connectivity index (χ0v) is 15.5. The second-order valence-corrected chi connectivity index (χ2v) is 6.38. The first-order valence-electron chi connectivity index (χ1n) is 8.18. The third-order valence-corrected chi connectivity index (χ3v) is 4.66. The molecule has 0 amide bonds. The van der Waals surface area contributed by atoms with Crippen molar-refractivity contribution < 1.29 is 14.3 Å². The van der Waals surface area contributed by atoms with Gasteiger partial charge in [0.2, 0.25) is 5.88 Å². The summed E-state index contributed by atoms with van der Waals surface area (Å²) >= 11 is 1.63. The molecule has 1 heterocycles. The zero-order valence-electron chi connectivity index (χ0n) is 14.7. The molecule has 2 rings (SSSR count). The SMILES string of the molecule is CCCC1=C(C(=O)OCC)C(c2ccc(SC)cc2)C(C#N)=C(N)O1. The highest BCUT2D eigenvalue weighted by Gasteiger charge is 2.37. The molecule has 132 valence electrons. The molecule has 0 aromatic heterocycles. The van der Waals surface area contributed by atoms with E-state index < -0.39 is 11.9 Å². The van der Waals surface area contributed by atoms with Crippen LogP contribution in [-0.4, -0.2) is 18.8 Å². The second-order valence-electron chi connectivity index (χ2n) is 5.51. The van der Waals surface area contributed by atoms with E-state index in [0.717, 1.165) is 16.9 Å². The van der Waals surface area contributed by atoms with Crippen molar-refractivity contribution in [3.8, 4) is 6.07 Å². The van der Waals surface area contributed by atoms with E-state index >= 15 is 0 Å². The number of hydrogen-bond acceptors (Lipinski definition) is 6. The molecular weight excluding hydrogens is 336 g/mol. The number of benzene rings is 1. The van der Waals surface area contributed by atoms with Crippen LogP contribution in [0, 0.1) is 11.3 Å². The van der Waals surface area contributed by atoms with Gasteiger partial charge >= 0.3 is 5.97 Å². The van der Waals surface area contributed by atoms with E-state index in [1.54, 1.807) is 18.7 Å². The van der Waals surface area contributed by atoms with Gasteiger partial charge in [-0.3, -0.25) is 0 Å². The van der Waals surface area contributed by atoms with Gasteiger partial charge in [-0.15, -0.1) is 11.8 Å². The summed E-state index contributed by atoms with van der Waals surface area (Å²) < 4.78 is 10.8. The molecule has 6 heteroatoms. The minimum Gasteiger partial charge on any atom is -0.463 e. The number of thioether (sulfide) groups is 1. The van der Waals surface area contributed by atoms with Crippen LogP contribution in [0.2, 0.25) is 0 Å².